The Morgan fingerprint density at radius 3 is 2.26 bits per heavy atom. The van der Waals surface area contributed by atoms with Crippen LogP contribution in [0.15, 0.2) is 12.1 Å². The summed E-state index contributed by atoms with van der Waals surface area (Å²) in [5.41, 5.74) is 2.10. The van der Waals surface area contributed by atoms with E-state index < -0.39 is 5.97 Å². The van der Waals surface area contributed by atoms with E-state index in [9.17, 15) is 4.79 Å². The molecule has 2 nitrogen and oxygen atoms in total. The van der Waals surface area contributed by atoms with Gasteiger partial charge in [-0.2, -0.15) is 0 Å². The van der Waals surface area contributed by atoms with Crippen LogP contribution in [0.1, 0.15) is 65.1 Å². The van der Waals surface area contributed by atoms with Crippen molar-refractivity contribution in [1.82, 2.24) is 0 Å². The number of carbonyl (C=O) groups is 1. The zero-order valence-electron chi connectivity index (χ0n) is 10.8. The molecule has 0 radical (unpaired) electrons. The van der Waals surface area contributed by atoms with E-state index in [2.05, 4.69) is 11.8 Å². The van der Waals surface area contributed by atoms with Crippen molar-refractivity contribution in [1.29, 1.82) is 0 Å². The molecule has 0 bridgehead atoms. The quantitative estimate of drug-likeness (QED) is 0.819. The lowest BCUT2D eigenvalue weighted by molar-refractivity contribution is 0.0696. The van der Waals surface area contributed by atoms with Crippen LogP contribution in [0.5, 0.6) is 0 Å². The zero-order valence-corrected chi connectivity index (χ0v) is 10.8. The smallest absolute Gasteiger partial charge is 0.337 e. The van der Waals surface area contributed by atoms with Gasteiger partial charge in [-0.15, -0.1) is 12.8 Å². The van der Waals surface area contributed by atoms with Gasteiger partial charge in [-0.05, 0) is 30.4 Å². The second-order valence-electron chi connectivity index (χ2n) is 4.88. The van der Waals surface area contributed by atoms with Crippen LogP contribution in [-0.4, -0.2) is 11.1 Å². The van der Waals surface area contributed by atoms with Crippen molar-refractivity contribution < 1.29 is 9.90 Å². The van der Waals surface area contributed by atoms with Crippen molar-refractivity contribution in [3.05, 3.63) is 34.4 Å². The number of carboxylic acids is 1. The molecule has 96 valence electrons. The van der Waals surface area contributed by atoms with Crippen LogP contribution >= 0.6 is 0 Å². The van der Waals surface area contributed by atoms with Gasteiger partial charge in [0.1, 0.15) is 0 Å². The Labute approximate surface area is 113 Å². The van der Waals surface area contributed by atoms with E-state index in [0.29, 0.717) is 17.0 Å². The molecule has 1 aliphatic rings. The Bertz CT molecular complexity index is 579. The number of aromatic carboxylic acids is 1. The van der Waals surface area contributed by atoms with Crippen molar-refractivity contribution in [2.75, 3.05) is 0 Å². The SMILES string of the molecule is C#Cc1c(C(=O)O)ccc(C2CCCCC2)c1C#C. The maximum Gasteiger partial charge on any atom is 0.337 e. The number of terminal acetylenes is 2. The molecule has 0 saturated heterocycles. The predicted molar refractivity (Wildman–Crippen MR) is 75.1 cm³/mol. The molecule has 1 saturated carbocycles. The molecule has 1 aromatic rings. The Morgan fingerprint density at radius 2 is 1.74 bits per heavy atom. The molecule has 1 fully saturated rings. The highest BCUT2D eigenvalue weighted by atomic mass is 16.4. The summed E-state index contributed by atoms with van der Waals surface area (Å²) in [6.45, 7) is 0. The first kappa shape index (κ1) is 13.2. The molecule has 0 amide bonds. The average molecular weight is 252 g/mol. The van der Waals surface area contributed by atoms with Crippen LogP contribution in [0.3, 0.4) is 0 Å². The summed E-state index contributed by atoms with van der Waals surface area (Å²) < 4.78 is 0. The van der Waals surface area contributed by atoms with Crippen molar-refractivity contribution in [2.45, 2.75) is 38.0 Å². The molecule has 1 aliphatic carbocycles. The largest absolute Gasteiger partial charge is 0.478 e. The lowest BCUT2D eigenvalue weighted by Crippen LogP contribution is -2.10. The topological polar surface area (TPSA) is 37.3 Å². The van der Waals surface area contributed by atoms with Crippen LogP contribution in [0.2, 0.25) is 0 Å². The summed E-state index contributed by atoms with van der Waals surface area (Å²) in [7, 11) is 0. The van der Waals surface area contributed by atoms with Gasteiger partial charge < -0.3 is 5.11 Å². The van der Waals surface area contributed by atoms with Gasteiger partial charge in [-0.3, -0.25) is 0 Å². The zero-order chi connectivity index (χ0) is 13.8. The molecule has 1 aromatic carbocycles. The number of benzene rings is 1. The van der Waals surface area contributed by atoms with Crippen LogP contribution in [0, 0.1) is 24.7 Å². The molecule has 0 atom stereocenters. The Morgan fingerprint density at radius 1 is 1.11 bits per heavy atom. The molecule has 0 aliphatic heterocycles. The van der Waals surface area contributed by atoms with Crippen molar-refractivity contribution in [3.63, 3.8) is 0 Å². The molecular weight excluding hydrogens is 236 g/mol. The minimum Gasteiger partial charge on any atom is -0.478 e. The lowest BCUT2D eigenvalue weighted by atomic mass is 9.80. The summed E-state index contributed by atoms with van der Waals surface area (Å²) in [5.74, 6) is 4.44. The minimum atomic E-state index is -1.03. The highest BCUT2D eigenvalue weighted by Crippen LogP contribution is 2.35. The summed E-state index contributed by atoms with van der Waals surface area (Å²) in [6, 6.07) is 3.43. The summed E-state index contributed by atoms with van der Waals surface area (Å²) in [4.78, 5) is 11.2. The van der Waals surface area contributed by atoms with Gasteiger partial charge in [0.05, 0.1) is 11.1 Å². The first-order chi connectivity index (χ1) is 9.19. The third-order valence-corrected chi connectivity index (χ3v) is 3.80. The molecule has 0 unspecified atom stereocenters. The van der Waals surface area contributed by atoms with Gasteiger partial charge in [0.15, 0.2) is 0 Å². The van der Waals surface area contributed by atoms with Crippen LogP contribution in [0.25, 0.3) is 0 Å². The maximum absolute atomic E-state index is 11.2. The maximum atomic E-state index is 11.2. The molecule has 19 heavy (non-hydrogen) atoms. The first-order valence-electron chi connectivity index (χ1n) is 6.52. The molecule has 1 N–H and O–H groups in total. The van der Waals surface area contributed by atoms with E-state index in [-0.39, 0.29) is 5.56 Å². The minimum absolute atomic E-state index is 0.120. The summed E-state index contributed by atoms with van der Waals surface area (Å²) in [5, 5.41) is 9.15. The van der Waals surface area contributed by atoms with Gasteiger partial charge in [-0.25, -0.2) is 4.79 Å². The summed E-state index contributed by atoms with van der Waals surface area (Å²) in [6.07, 6.45) is 16.9. The third-order valence-electron chi connectivity index (χ3n) is 3.80. The van der Waals surface area contributed by atoms with Crippen LogP contribution < -0.4 is 0 Å². The van der Waals surface area contributed by atoms with Gasteiger partial charge in [0, 0.05) is 5.56 Å². The third kappa shape index (κ3) is 2.49. The molecule has 2 rings (SSSR count). The molecule has 0 heterocycles. The number of hydrogen-bond donors (Lipinski definition) is 1. The highest BCUT2D eigenvalue weighted by Gasteiger charge is 2.22. The fourth-order valence-corrected chi connectivity index (χ4v) is 2.86. The second-order valence-corrected chi connectivity index (χ2v) is 4.88. The van der Waals surface area contributed by atoms with Gasteiger partial charge in [0.25, 0.3) is 0 Å². The normalized spacial score (nSPS) is 15.5. The van der Waals surface area contributed by atoms with E-state index in [1.165, 1.54) is 19.3 Å². The molecule has 0 spiro atoms. The fraction of sp³-hybridized carbons (Fsp3) is 0.353. The first-order valence-corrected chi connectivity index (χ1v) is 6.52. The highest BCUT2D eigenvalue weighted by molar-refractivity contribution is 5.92. The van der Waals surface area contributed by atoms with E-state index >= 15 is 0 Å². The van der Waals surface area contributed by atoms with Crippen LogP contribution in [-0.2, 0) is 0 Å². The van der Waals surface area contributed by atoms with Crippen molar-refractivity contribution >= 4 is 5.97 Å². The van der Waals surface area contributed by atoms with E-state index in [1.54, 1.807) is 6.07 Å². The van der Waals surface area contributed by atoms with Gasteiger partial charge in [0.2, 0.25) is 0 Å². The van der Waals surface area contributed by atoms with Crippen molar-refractivity contribution in [2.24, 2.45) is 0 Å². The average Bonchev–Trinajstić information content (AvgIpc) is 2.46. The number of hydrogen-bond acceptors (Lipinski definition) is 1. The Kier molecular flexibility index (Phi) is 3.93. The van der Waals surface area contributed by atoms with Crippen LogP contribution in [0.4, 0.5) is 0 Å². The Hall–Kier alpha value is -2.19. The number of carboxylic acid groups (broad SMARTS) is 1. The Balaban J connectivity index is 2.55. The molecule has 0 aromatic heterocycles. The monoisotopic (exact) mass is 252 g/mol. The van der Waals surface area contributed by atoms with E-state index in [0.717, 1.165) is 18.4 Å². The van der Waals surface area contributed by atoms with E-state index in [4.69, 9.17) is 18.0 Å². The number of rotatable bonds is 2. The molecule has 2 heteroatoms. The standard InChI is InChI=1S/C17H16O2/c1-3-13-14(4-2)16(17(18)19)11-10-15(13)12-8-6-5-7-9-12/h1-2,10-12H,5-9H2,(H,18,19). The summed E-state index contributed by atoms with van der Waals surface area (Å²) >= 11 is 0. The predicted octanol–water partition coefficient (Wildman–Crippen LogP) is 3.40. The lowest BCUT2D eigenvalue weighted by Gasteiger charge is -2.24. The van der Waals surface area contributed by atoms with E-state index in [1.807, 2.05) is 6.07 Å². The van der Waals surface area contributed by atoms with Gasteiger partial charge >= 0.3 is 5.97 Å². The fourth-order valence-electron chi connectivity index (χ4n) is 2.86. The second kappa shape index (κ2) is 5.63. The van der Waals surface area contributed by atoms with Crippen molar-refractivity contribution in [3.8, 4) is 24.7 Å². The molecular formula is C17H16O2. The van der Waals surface area contributed by atoms with Gasteiger partial charge in [-0.1, -0.05) is 37.2 Å².